The molecule has 0 heterocycles. The lowest BCUT2D eigenvalue weighted by Crippen LogP contribution is -2.13. The highest BCUT2D eigenvalue weighted by Gasteiger charge is 2.31. The van der Waals surface area contributed by atoms with Gasteiger partial charge in [-0.15, -0.1) is 0 Å². The van der Waals surface area contributed by atoms with E-state index in [0.717, 1.165) is 18.4 Å². The van der Waals surface area contributed by atoms with E-state index in [1.807, 2.05) is 0 Å². The average Bonchev–Trinajstić information content (AvgIpc) is 3.04. The Morgan fingerprint density at radius 1 is 1.53 bits per heavy atom. The smallest absolute Gasteiger partial charge is 0.141 e. The molecule has 1 aliphatic carbocycles. The van der Waals surface area contributed by atoms with Crippen molar-refractivity contribution in [2.45, 2.75) is 18.9 Å². The van der Waals surface area contributed by atoms with Gasteiger partial charge in [0, 0.05) is 17.7 Å². The van der Waals surface area contributed by atoms with Gasteiger partial charge in [-0.05, 0) is 40.8 Å². The number of methoxy groups -OCH3 is 1. The van der Waals surface area contributed by atoms with Gasteiger partial charge in [0.15, 0.2) is 0 Å². The first kappa shape index (κ1) is 10.9. The van der Waals surface area contributed by atoms with Crippen LogP contribution in [0.15, 0.2) is 16.6 Å². The fourth-order valence-electron chi connectivity index (χ4n) is 1.69. The van der Waals surface area contributed by atoms with Crippen molar-refractivity contribution in [1.82, 2.24) is 0 Å². The van der Waals surface area contributed by atoms with Crippen LogP contribution in [-0.2, 0) is 0 Å². The van der Waals surface area contributed by atoms with Crippen LogP contribution < -0.4 is 10.5 Å². The number of nitrogens with two attached hydrogens (primary N) is 1. The molecule has 0 bridgehead atoms. The summed E-state index contributed by atoms with van der Waals surface area (Å²) in [5, 5.41) is 0. The molecule has 1 atom stereocenters. The highest BCUT2D eigenvalue weighted by molar-refractivity contribution is 9.10. The summed E-state index contributed by atoms with van der Waals surface area (Å²) in [5.74, 6) is 0.741. The summed E-state index contributed by atoms with van der Waals surface area (Å²) in [5.41, 5.74) is 6.96. The van der Waals surface area contributed by atoms with Crippen molar-refractivity contribution in [1.29, 1.82) is 0 Å². The molecule has 0 aliphatic heterocycles. The molecule has 15 heavy (non-hydrogen) atoms. The number of benzene rings is 1. The van der Waals surface area contributed by atoms with Crippen molar-refractivity contribution < 1.29 is 9.13 Å². The highest BCUT2D eigenvalue weighted by atomic mass is 79.9. The molecule has 1 aromatic carbocycles. The Morgan fingerprint density at radius 3 is 2.73 bits per heavy atom. The molecule has 1 fully saturated rings. The van der Waals surface area contributed by atoms with E-state index in [1.165, 1.54) is 13.2 Å². The van der Waals surface area contributed by atoms with Gasteiger partial charge < -0.3 is 10.5 Å². The summed E-state index contributed by atoms with van der Waals surface area (Å²) < 4.78 is 18.8. The van der Waals surface area contributed by atoms with Gasteiger partial charge in [-0.1, -0.05) is 0 Å². The molecular formula is C11H13BrFNO. The minimum absolute atomic E-state index is 0.0446. The van der Waals surface area contributed by atoms with Crippen LogP contribution in [-0.4, -0.2) is 7.11 Å². The Bertz CT molecular complexity index is 379. The third kappa shape index (κ3) is 2.16. The third-order valence-corrected chi connectivity index (χ3v) is 3.37. The fraction of sp³-hybridized carbons (Fsp3) is 0.455. The van der Waals surface area contributed by atoms with Crippen LogP contribution in [0.25, 0.3) is 0 Å². The first-order valence-corrected chi connectivity index (χ1v) is 5.71. The summed E-state index contributed by atoms with van der Waals surface area (Å²) in [4.78, 5) is 0. The van der Waals surface area contributed by atoms with Crippen molar-refractivity contribution in [2.75, 3.05) is 7.11 Å². The largest absolute Gasteiger partial charge is 0.496 e. The van der Waals surface area contributed by atoms with E-state index in [0.29, 0.717) is 16.1 Å². The number of hydrogen-bond acceptors (Lipinski definition) is 2. The van der Waals surface area contributed by atoms with Crippen molar-refractivity contribution in [3.63, 3.8) is 0 Å². The lowest BCUT2D eigenvalue weighted by Gasteiger charge is -2.15. The van der Waals surface area contributed by atoms with Crippen molar-refractivity contribution >= 4 is 15.9 Å². The molecule has 2 rings (SSSR count). The number of hydrogen-bond donors (Lipinski definition) is 1. The van der Waals surface area contributed by atoms with E-state index in [2.05, 4.69) is 15.9 Å². The van der Waals surface area contributed by atoms with E-state index in [4.69, 9.17) is 10.5 Å². The second kappa shape index (κ2) is 4.10. The molecule has 1 aliphatic rings. The summed E-state index contributed by atoms with van der Waals surface area (Å²) in [6.07, 6.45) is 2.30. The van der Waals surface area contributed by atoms with Gasteiger partial charge in [0.2, 0.25) is 0 Å². The van der Waals surface area contributed by atoms with Gasteiger partial charge in [-0.2, -0.15) is 0 Å². The van der Waals surface area contributed by atoms with E-state index < -0.39 is 0 Å². The van der Waals surface area contributed by atoms with E-state index in [1.54, 1.807) is 6.07 Å². The second-order valence-electron chi connectivity index (χ2n) is 3.87. The van der Waals surface area contributed by atoms with Crippen LogP contribution in [0, 0.1) is 11.7 Å². The average molecular weight is 274 g/mol. The summed E-state index contributed by atoms with van der Waals surface area (Å²) in [6.45, 7) is 0. The Labute approximate surface area is 96.7 Å². The van der Waals surface area contributed by atoms with Crippen LogP contribution in [0.5, 0.6) is 5.75 Å². The fourth-order valence-corrected chi connectivity index (χ4v) is 2.05. The molecule has 0 aromatic heterocycles. The lowest BCUT2D eigenvalue weighted by atomic mass is 10.0. The molecule has 0 radical (unpaired) electrons. The minimum Gasteiger partial charge on any atom is -0.496 e. The van der Waals surface area contributed by atoms with Crippen molar-refractivity contribution in [3.05, 3.63) is 28.0 Å². The molecule has 1 aromatic rings. The number of halogens is 2. The maximum Gasteiger partial charge on any atom is 0.141 e. The molecule has 1 unspecified atom stereocenters. The van der Waals surface area contributed by atoms with E-state index >= 15 is 0 Å². The first-order valence-electron chi connectivity index (χ1n) is 4.92. The van der Waals surface area contributed by atoms with Crippen LogP contribution in [0.4, 0.5) is 4.39 Å². The van der Waals surface area contributed by atoms with Crippen molar-refractivity contribution in [3.8, 4) is 5.75 Å². The molecule has 2 N–H and O–H groups in total. The predicted octanol–water partition coefficient (Wildman–Crippen LogP) is 3.01. The normalized spacial score (nSPS) is 17.6. The SMILES string of the molecule is COc1cc(F)c(Br)cc1C(N)C1CC1. The zero-order chi connectivity index (χ0) is 11.0. The van der Waals surface area contributed by atoms with Gasteiger partial charge in [-0.25, -0.2) is 4.39 Å². The second-order valence-corrected chi connectivity index (χ2v) is 4.73. The molecule has 82 valence electrons. The zero-order valence-electron chi connectivity index (χ0n) is 8.47. The van der Waals surface area contributed by atoms with Crippen LogP contribution >= 0.6 is 15.9 Å². The monoisotopic (exact) mass is 273 g/mol. The quantitative estimate of drug-likeness (QED) is 0.919. The minimum atomic E-state index is -0.321. The Balaban J connectivity index is 2.39. The zero-order valence-corrected chi connectivity index (χ0v) is 10.1. The number of ether oxygens (including phenoxy) is 1. The van der Waals surface area contributed by atoms with Gasteiger partial charge >= 0.3 is 0 Å². The standard InChI is InChI=1S/C11H13BrFNO/c1-15-10-5-9(13)8(12)4-7(10)11(14)6-2-3-6/h4-6,11H,2-3,14H2,1H3. The highest BCUT2D eigenvalue weighted by Crippen LogP contribution is 2.43. The van der Waals surface area contributed by atoms with Gasteiger partial charge in [0.25, 0.3) is 0 Å². The number of rotatable bonds is 3. The first-order chi connectivity index (χ1) is 7.13. The van der Waals surface area contributed by atoms with E-state index in [-0.39, 0.29) is 11.9 Å². The van der Waals surface area contributed by atoms with Gasteiger partial charge in [0.05, 0.1) is 11.6 Å². The molecule has 2 nitrogen and oxygen atoms in total. The van der Waals surface area contributed by atoms with Gasteiger partial charge in [0.1, 0.15) is 11.6 Å². The van der Waals surface area contributed by atoms with Crippen LogP contribution in [0.2, 0.25) is 0 Å². The lowest BCUT2D eigenvalue weighted by molar-refractivity contribution is 0.399. The summed E-state index contributed by atoms with van der Waals surface area (Å²) >= 11 is 3.16. The van der Waals surface area contributed by atoms with Crippen LogP contribution in [0.3, 0.4) is 0 Å². The van der Waals surface area contributed by atoms with Crippen LogP contribution in [0.1, 0.15) is 24.4 Å². The van der Waals surface area contributed by atoms with Gasteiger partial charge in [-0.3, -0.25) is 0 Å². The Morgan fingerprint density at radius 2 is 2.20 bits per heavy atom. The predicted molar refractivity (Wildman–Crippen MR) is 60.3 cm³/mol. The molecule has 1 saturated carbocycles. The Kier molecular flexibility index (Phi) is 2.98. The third-order valence-electron chi connectivity index (χ3n) is 2.76. The summed E-state index contributed by atoms with van der Waals surface area (Å²) in [7, 11) is 1.53. The Hall–Kier alpha value is -0.610. The molecule has 0 saturated heterocycles. The van der Waals surface area contributed by atoms with Crippen molar-refractivity contribution in [2.24, 2.45) is 11.7 Å². The maximum absolute atomic E-state index is 13.3. The molecule has 4 heteroatoms. The maximum atomic E-state index is 13.3. The van der Waals surface area contributed by atoms with E-state index in [9.17, 15) is 4.39 Å². The summed E-state index contributed by atoms with van der Waals surface area (Å²) in [6, 6.07) is 3.05. The molecule has 0 spiro atoms. The topological polar surface area (TPSA) is 35.2 Å². The molecule has 0 amide bonds. The molecular weight excluding hydrogens is 261 g/mol.